The monoisotopic (exact) mass is 425 g/mol. The van der Waals surface area contributed by atoms with Crippen molar-refractivity contribution in [1.82, 2.24) is 9.97 Å². The molecule has 0 bridgehead atoms. The second-order valence-electron chi connectivity index (χ2n) is 4.23. The molecule has 0 fully saturated rings. The molecule has 1 amide bonds. The Bertz CT molecular complexity index is 747. The summed E-state index contributed by atoms with van der Waals surface area (Å²) >= 11 is 8.15. The Kier molecular flexibility index (Phi) is 4.23. The molecule has 0 aliphatic heterocycles. The number of halogens is 2. The summed E-state index contributed by atoms with van der Waals surface area (Å²) in [6, 6.07) is 9.40. The van der Waals surface area contributed by atoms with Crippen LogP contribution < -0.4 is 5.32 Å². The molecule has 0 aliphatic carbocycles. The maximum absolute atomic E-state index is 12.1. The molecule has 3 aromatic rings. The minimum atomic E-state index is -0.124. The predicted octanol–water partition coefficient (Wildman–Crippen LogP) is 4.92. The van der Waals surface area contributed by atoms with E-state index in [-0.39, 0.29) is 5.91 Å². The summed E-state index contributed by atoms with van der Waals surface area (Å²) in [6.07, 6.45) is 3.39. The number of carbonyl (C=O) groups is 1. The predicted molar refractivity (Wildman–Crippen MR) is 91.7 cm³/mol. The average Bonchev–Trinajstić information content (AvgIpc) is 3.11. The summed E-state index contributed by atoms with van der Waals surface area (Å²) in [6.45, 7) is 0. The first kappa shape index (κ1) is 14.5. The Balaban J connectivity index is 1.74. The summed E-state index contributed by atoms with van der Waals surface area (Å²) in [5.41, 5.74) is 2.72. The second-order valence-corrected chi connectivity index (χ2v) is 7.45. The molecule has 1 aromatic carbocycles. The number of nitrogens with one attached hydrogen (secondary N) is 2. The van der Waals surface area contributed by atoms with E-state index < -0.39 is 0 Å². The van der Waals surface area contributed by atoms with Crippen LogP contribution in [0.2, 0.25) is 0 Å². The van der Waals surface area contributed by atoms with Crippen molar-refractivity contribution in [2.75, 3.05) is 5.32 Å². The van der Waals surface area contributed by atoms with Crippen LogP contribution in [0.25, 0.3) is 11.3 Å². The van der Waals surface area contributed by atoms with E-state index >= 15 is 0 Å². The molecular weight excluding hydrogens is 418 g/mol. The summed E-state index contributed by atoms with van der Waals surface area (Å²) in [5, 5.41) is 2.88. The fraction of sp³-hybridized carbons (Fsp3) is 0. The molecule has 2 aromatic heterocycles. The highest BCUT2D eigenvalue weighted by Gasteiger charge is 2.12. The lowest BCUT2D eigenvalue weighted by Gasteiger charge is -2.04. The van der Waals surface area contributed by atoms with Gasteiger partial charge in [-0.1, -0.05) is 12.1 Å². The Morgan fingerprint density at radius 3 is 2.57 bits per heavy atom. The van der Waals surface area contributed by atoms with Crippen LogP contribution in [-0.4, -0.2) is 15.9 Å². The fourth-order valence-corrected chi connectivity index (χ4v) is 3.73. The Morgan fingerprint density at radius 1 is 1.24 bits per heavy atom. The SMILES string of the molecule is O=C(Nc1ccc(-c2cnc[nH]2)cc1)c1cc(Br)c(Br)s1. The lowest BCUT2D eigenvalue weighted by Crippen LogP contribution is -2.09. The van der Waals surface area contributed by atoms with Gasteiger partial charge >= 0.3 is 0 Å². The Labute approximate surface area is 141 Å². The summed E-state index contributed by atoms with van der Waals surface area (Å²) < 4.78 is 1.79. The number of hydrogen-bond acceptors (Lipinski definition) is 3. The number of hydrogen-bond donors (Lipinski definition) is 2. The van der Waals surface area contributed by atoms with Crippen LogP contribution in [0.5, 0.6) is 0 Å². The first-order chi connectivity index (χ1) is 10.1. The van der Waals surface area contributed by atoms with E-state index in [0.29, 0.717) is 4.88 Å². The number of amides is 1. The molecule has 0 atom stereocenters. The van der Waals surface area contributed by atoms with Gasteiger partial charge in [0, 0.05) is 10.2 Å². The lowest BCUT2D eigenvalue weighted by atomic mass is 10.1. The van der Waals surface area contributed by atoms with Gasteiger partial charge < -0.3 is 10.3 Å². The van der Waals surface area contributed by atoms with Crippen molar-refractivity contribution in [3.8, 4) is 11.3 Å². The molecule has 3 rings (SSSR count). The summed E-state index contributed by atoms with van der Waals surface area (Å²) in [4.78, 5) is 19.8. The normalized spacial score (nSPS) is 10.6. The minimum Gasteiger partial charge on any atom is -0.345 e. The molecule has 21 heavy (non-hydrogen) atoms. The van der Waals surface area contributed by atoms with Gasteiger partial charge in [0.1, 0.15) is 0 Å². The zero-order valence-corrected chi connectivity index (χ0v) is 14.5. The fourth-order valence-electron chi connectivity index (χ4n) is 1.80. The number of H-pyrrole nitrogens is 1. The van der Waals surface area contributed by atoms with E-state index in [4.69, 9.17) is 0 Å². The first-order valence-electron chi connectivity index (χ1n) is 5.98. The van der Waals surface area contributed by atoms with Crippen molar-refractivity contribution in [2.24, 2.45) is 0 Å². The zero-order chi connectivity index (χ0) is 14.8. The van der Waals surface area contributed by atoms with E-state index in [0.717, 1.165) is 25.2 Å². The van der Waals surface area contributed by atoms with Crippen molar-refractivity contribution in [2.45, 2.75) is 0 Å². The molecular formula is C14H9Br2N3OS. The number of aromatic nitrogens is 2. The van der Waals surface area contributed by atoms with Crippen molar-refractivity contribution in [1.29, 1.82) is 0 Å². The topological polar surface area (TPSA) is 57.8 Å². The number of carbonyl (C=O) groups excluding carboxylic acids is 1. The molecule has 4 nitrogen and oxygen atoms in total. The summed E-state index contributed by atoms with van der Waals surface area (Å²) in [5.74, 6) is -0.124. The maximum atomic E-state index is 12.1. The smallest absolute Gasteiger partial charge is 0.265 e. The highest BCUT2D eigenvalue weighted by atomic mass is 79.9. The molecule has 0 aliphatic rings. The van der Waals surface area contributed by atoms with Gasteiger partial charge in [0.2, 0.25) is 0 Å². The number of thiophene rings is 1. The molecule has 0 saturated carbocycles. The van der Waals surface area contributed by atoms with E-state index in [1.165, 1.54) is 11.3 Å². The molecule has 2 N–H and O–H groups in total. The van der Waals surface area contributed by atoms with Crippen LogP contribution >= 0.6 is 43.2 Å². The molecule has 2 heterocycles. The van der Waals surface area contributed by atoms with Crippen molar-refractivity contribution < 1.29 is 4.79 Å². The average molecular weight is 427 g/mol. The van der Waals surface area contributed by atoms with E-state index in [1.807, 2.05) is 24.3 Å². The Hall–Kier alpha value is -1.44. The van der Waals surface area contributed by atoms with Crippen LogP contribution in [0.1, 0.15) is 9.67 Å². The van der Waals surface area contributed by atoms with E-state index in [9.17, 15) is 4.79 Å². The largest absolute Gasteiger partial charge is 0.345 e. The van der Waals surface area contributed by atoms with Crippen molar-refractivity contribution in [3.63, 3.8) is 0 Å². The van der Waals surface area contributed by atoms with Gasteiger partial charge in [-0.2, -0.15) is 0 Å². The van der Waals surface area contributed by atoms with Crippen LogP contribution in [0.3, 0.4) is 0 Å². The number of anilines is 1. The second kappa shape index (κ2) is 6.13. The van der Waals surface area contributed by atoms with E-state index in [2.05, 4.69) is 47.1 Å². The van der Waals surface area contributed by atoms with Crippen molar-refractivity contribution in [3.05, 3.63) is 56.0 Å². The Morgan fingerprint density at radius 2 is 2.00 bits per heavy atom. The van der Waals surface area contributed by atoms with Gasteiger partial charge in [-0.05, 0) is 55.6 Å². The third-order valence-electron chi connectivity index (χ3n) is 2.82. The van der Waals surface area contributed by atoms with Gasteiger partial charge in [0.05, 0.1) is 26.9 Å². The van der Waals surface area contributed by atoms with Gasteiger partial charge in [-0.25, -0.2) is 4.98 Å². The van der Waals surface area contributed by atoms with E-state index in [1.54, 1.807) is 18.6 Å². The maximum Gasteiger partial charge on any atom is 0.265 e. The molecule has 0 radical (unpaired) electrons. The van der Waals surface area contributed by atoms with Gasteiger partial charge in [-0.3, -0.25) is 4.79 Å². The quantitative estimate of drug-likeness (QED) is 0.624. The molecule has 0 saturated heterocycles. The standard InChI is InChI=1S/C14H9Br2N3OS/c15-10-5-12(21-13(10)16)14(20)19-9-3-1-8(2-4-9)11-6-17-7-18-11/h1-7H,(H,17,18)(H,19,20). The van der Waals surface area contributed by atoms with Crippen molar-refractivity contribution >= 4 is 54.8 Å². The molecule has 106 valence electrons. The highest BCUT2D eigenvalue weighted by Crippen LogP contribution is 2.32. The number of aromatic amines is 1. The van der Waals surface area contributed by atoms with Gasteiger partial charge in [0.25, 0.3) is 5.91 Å². The van der Waals surface area contributed by atoms with Crippen LogP contribution in [0.4, 0.5) is 5.69 Å². The third-order valence-corrected chi connectivity index (χ3v) is 6.08. The van der Waals surface area contributed by atoms with Crippen LogP contribution in [-0.2, 0) is 0 Å². The molecule has 0 spiro atoms. The first-order valence-corrected chi connectivity index (χ1v) is 8.39. The molecule has 0 unspecified atom stereocenters. The lowest BCUT2D eigenvalue weighted by molar-refractivity contribution is 0.103. The third kappa shape index (κ3) is 3.25. The highest BCUT2D eigenvalue weighted by molar-refractivity contribution is 9.13. The summed E-state index contributed by atoms with van der Waals surface area (Å²) in [7, 11) is 0. The zero-order valence-electron chi connectivity index (χ0n) is 10.6. The molecule has 7 heteroatoms. The number of nitrogens with zero attached hydrogens (tertiary/aromatic N) is 1. The van der Waals surface area contributed by atoms with Crippen LogP contribution in [0.15, 0.2) is 51.1 Å². The number of rotatable bonds is 3. The number of imidazole rings is 1. The van der Waals surface area contributed by atoms with Gasteiger partial charge in [-0.15, -0.1) is 11.3 Å². The van der Waals surface area contributed by atoms with Gasteiger partial charge in [0.15, 0.2) is 0 Å². The number of benzene rings is 1. The minimum absolute atomic E-state index is 0.124. The van der Waals surface area contributed by atoms with Crippen LogP contribution in [0, 0.1) is 0 Å².